The second-order valence-corrected chi connectivity index (χ2v) is 30.4. The van der Waals surface area contributed by atoms with Crippen LogP contribution in [0.25, 0.3) is 0 Å². The number of rotatable bonds is 6. The fraction of sp³-hybridized carbons (Fsp3) is 0.824. The monoisotopic (exact) mass is 418 g/mol. The minimum Gasteiger partial charge on any atom is -0.415 e. The van der Waals surface area contributed by atoms with E-state index in [1.54, 1.807) is 0 Å². The highest BCUT2D eigenvalue weighted by Crippen LogP contribution is 2.45. The molecule has 0 radical (unpaired) electrons. The minimum atomic E-state index is -1.86. The molecule has 25 heavy (non-hydrogen) atoms. The first-order chi connectivity index (χ1) is 11.1. The SMILES string of the molecule is CC(=CC[Si]1(C)CCC(C)(C(C)[SiH3])O[Si]1(C)C)C(=O)OO[Si](C)(C)C. The lowest BCUT2D eigenvalue weighted by Gasteiger charge is -2.53. The van der Waals surface area contributed by atoms with Crippen LogP contribution in [0.15, 0.2) is 11.6 Å². The van der Waals surface area contributed by atoms with Crippen LogP contribution in [0.1, 0.15) is 27.2 Å². The quantitative estimate of drug-likeness (QED) is 0.283. The standard InChI is InChI=1S/C17H38O4Si4/c1-14(16(18)19-21-23(4,5)6)10-12-25(9)13-11-17(3,15(2)22)20-24(25,7)8/h10,15H,11-13H2,1-9,22H3. The van der Waals surface area contributed by atoms with Crippen LogP contribution >= 0.6 is 0 Å². The Bertz CT molecular complexity index is 527. The van der Waals surface area contributed by atoms with Gasteiger partial charge in [0.05, 0.1) is 13.2 Å². The molecule has 0 bridgehead atoms. The average molecular weight is 419 g/mol. The van der Waals surface area contributed by atoms with Crippen molar-refractivity contribution in [1.82, 2.24) is 0 Å². The van der Waals surface area contributed by atoms with Crippen LogP contribution < -0.4 is 0 Å². The topological polar surface area (TPSA) is 44.8 Å². The first-order valence-electron chi connectivity index (χ1n) is 9.39. The van der Waals surface area contributed by atoms with Crippen LogP contribution in [-0.2, 0) is 18.7 Å². The van der Waals surface area contributed by atoms with Crippen LogP contribution in [0.4, 0.5) is 0 Å². The Balaban J connectivity index is 2.79. The Morgan fingerprint density at radius 2 is 1.92 bits per heavy atom. The molecule has 1 rings (SSSR count). The molecule has 4 nitrogen and oxygen atoms in total. The summed E-state index contributed by atoms with van der Waals surface area (Å²) in [6, 6.07) is 2.28. The van der Waals surface area contributed by atoms with Crippen molar-refractivity contribution in [2.75, 3.05) is 0 Å². The molecule has 0 amide bonds. The van der Waals surface area contributed by atoms with E-state index in [2.05, 4.69) is 39.6 Å². The van der Waals surface area contributed by atoms with Gasteiger partial charge in [0.15, 0.2) is 7.83 Å². The second-order valence-electron chi connectivity index (χ2n) is 9.80. The normalized spacial score (nSPS) is 31.6. The maximum absolute atomic E-state index is 12.1. The number of hydrogen-bond acceptors (Lipinski definition) is 4. The first-order valence-corrected chi connectivity index (χ1v) is 20.8. The van der Waals surface area contributed by atoms with Gasteiger partial charge in [0.1, 0.15) is 0 Å². The average Bonchev–Trinajstić information content (AvgIpc) is 2.45. The summed E-state index contributed by atoms with van der Waals surface area (Å²) in [7, 11) is -3.99. The summed E-state index contributed by atoms with van der Waals surface area (Å²) in [6.07, 6.45) is 3.24. The van der Waals surface area contributed by atoms with E-state index in [-0.39, 0.29) is 11.6 Å². The molecule has 0 N–H and O–H groups in total. The number of carbonyl (C=O) groups is 1. The van der Waals surface area contributed by atoms with Crippen molar-refractivity contribution >= 4 is 40.0 Å². The fourth-order valence-corrected chi connectivity index (χ4v) is 14.2. The van der Waals surface area contributed by atoms with Gasteiger partial charge in [-0.1, -0.05) is 25.6 Å². The van der Waals surface area contributed by atoms with Gasteiger partial charge in [0, 0.05) is 15.8 Å². The first kappa shape index (κ1) is 23.0. The van der Waals surface area contributed by atoms with Gasteiger partial charge < -0.3 is 9.31 Å². The van der Waals surface area contributed by atoms with Gasteiger partial charge in [-0.15, -0.1) is 0 Å². The van der Waals surface area contributed by atoms with Crippen LogP contribution in [0, 0.1) is 0 Å². The molecule has 0 aromatic rings. The van der Waals surface area contributed by atoms with Crippen molar-refractivity contribution in [2.24, 2.45) is 0 Å². The van der Waals surface area contributed by atoms with E-state index in [0.717, 1.165) is 12.5 Å². The fourth-order valence-electron chi connectivity index (χ4n) is 3.03. The molecule has 1 aliphatic heterocycles. The van der Waals surface area contributed by atoms with Gasteiger partial charge in [0.25, 0.3) is 0 Å². The molecule has 0 saturated carbocycles. The van der Waals surface area contributed by atoms with Gasteiger partial charge in [-0.3, -0.25) is 0 Å². The molecule has 8 heteroatoms. The van der Waals surface area contributed by atoms with Crippen molar-refractivity contribution in [3.05, 3.63) is 11.6 Å². The third kappa shape index (κ3) is 6.00. The minimum absolute atomic E-state index is 0.0668. The smallest absolute Gasteiger partial charge is 0.367 e. The number of carbonyl (C=O) groups excluding carboxylic acids is 1. The molecule has 1 saturated heterocycles. The molecular weight excluding hydrogens is 381 g/mol. The summed E-state index contributed by atoms with van der Waals surface area (Å²) in [4.78, 5) is 17.1. The zero-order valence-electron chi connectivity index (χ0n) is 17.9. The van der Waals surface area contributed by atoms with E-state index in [1.807, 2.05) is 26.6 Å². The molecule has 0 aromatic carbocycles. The highest BCUT2D eigenvalue weighted by atomic mass is 29.3. The summed E-state index contributed by atoms with van der Waals surface area (Å²) in [5.74, 6) is -0.353. The van der Waals surface area contributed by atoms with Gasteiger partial charge in [-0.05, 0) is 64.6 Å². The summed E-state index contributed by atoms with van der Waals surface area (Å²) < 4.78 is 12.1. The highest BCUT2D eigenvalue weighted by Gasteiger charge is 2.54. The van der Waals surface area contributed by atoms with Gasteiger partial charge >= 0.3 is 5.97 Å². The molecule has 1 fully saturated rings. The largest absolute Gasteiger partial charge is 0.415 e. The summed E-state index contributed by atoms with van der Waals surface area (Å²) >= 11 is 0. The molecule has 0 aliphatic carbocycles. The third-order valence-corrected chi connectivity index (χ3v) is 24.4. The van der Waals surface area contributed by atoms with Crippen LogP contribution in [-0.4, -0.2) is 45.6 Å². The Labute approximate surface area is 160 Å². The van der Waals surface area contributed by atoms with Crippen molar-refractivity contribution in [2.45, 2.75) is 89.7 Å². The zero-order valence-corrected chi connectivity index (χ0v) is 22.9. The van der Waals surface area contributed by atoms with Gasteiger partial charge in [-0.25, -0.2) is 9.37 Å². The van der Waals surface area contributed by atoms with E-state index >= 15 is 0 Å². The van der Waals surface area contributed by atoms with Crippen molar-refractivity contribution in [1.29, 1.82) is 0 Å². The van der Waals surface area contributed by atoms with Crippen molar-refractivity contribution < 1.29 is 18.7 Å². The zero-order chi connectivity index (χ0) is 19.7. The lowest BCUT2D eigenvalue weighted by atomic mass is 10.00. The molecule has 3 atom stereocenters. The van der Waals surface area contributed by atoms with Gasteiger partial charge in [0.2, 0.25) is 8.32 Å². The molecule has 1 aliphatic rings. The van der Waals surface area contributed by atoms with E-state index in [4.69, 9.17) is 13.9 Å². The third-order valence-electron chi connectivity index (χ3n) is 5.88. The molecule has 1 heterocycles. The van der Waals surface area contributed by atoms with E-state index in [1.165, 1.54) is 16.3 Å². The molecule has 0 aromatic heterocycles. The molecular formula is C17H38O4Si4. The van der Waals surface area contributed by atoms with Crippen LogP contribution in [0.3, 0.4) is 0 Å². The Morgan fingerprint density at radius 3 is 2.36 bits per heavy atom. The highest BCUT2D eigenvalue weighted by molar-refractivity contribution is 7.39. The maximum Gasteiger partial charge on any atom is 0.367 e. The van der Waals surface area contributed by atoms with Crippen LogP contribution in [0.2, 0.25) is 56.9 Å². The second kappa shape index (κ2) is 7.93. The number of hydrogen-bond donors (Lipinski definition) is 0. The van der Waals surface area contributed by atoms with Crippen LogP contribution in [0.5, 0.6) is 0 Å². The van der Waals surface area contributed by atoms with E-state index < -0.39 is 23.7 Å². The predicted octanol–water partition coefficient (Wildman–Crippen LogP) is 3.96. The van der Waals surface area contributed by atoms with E-state index in [0.29, 0.717) is 11.1 Å². The summed E-state index contributed by atoms with van der Waals surface area (Å²) in [6.45, 7) is 19.7. The summed E-state index contributed by atoms with van der Waals surface area (Å²) in [5, 5.41) is 0. The van der Waals surface area contributed by atoms with Crippen molar-refractivity contribution in [3.63, 3.8) is 0 Å². The Kier molecular flexibility index (Phi) is 7.31. The lowest BCUT2D eigenvalue weighted by Crippen LogP contribution is -2.66. The molecule has 0 spiro atoms. The number of allylic oxidation sites excluding steroid dienone is 1. The molecule has 146 valence electrons. The van der Waals surface area contributed by atoms with Gasteiger partial charge in [-0.2, -0.15) is 0 Å². The molecule has 3 unspecified atom stereocenters. The lowest BCUT2D eigenvalue weighted by molar-refractivity contribution is -0.214. The Morgan fingerprint density at radius 1 is 1.36 bits per heavy atom. The summed E-state index contributed by atoms with van der Waals surface area (Å²) in [5.41, 5.74) is 1.39. The van der Waals surface area contributed by atoms with Crippen molar-refractivity contribution in [3.8, 4) is 0 Å². The van der Waals surface area contributed by atoms with E-state index in [9.17, 15) is 4.79 Å². The maximum atomic E-state index is 12.1. The predicted molar refractivity (Wildman–Crippen MR) is 116 cm³/mol. The Hall–Kier alpha value is -0.00247.